The number of nitrogens with zero attached hydrogens (tertiary/aromatic N) is 1. The number of rotatable bonds is 7. The molecule has 0 bridgehead atoms. The minimum absolute atomic E-state index is 0.114. The Morgan fingerprint density at radius 2 is 1.80 bits per heavy atom. The van der Waals surface area contributed by atoms with E-state index in [1.807, 2.05) is 0 Å². The highest BCUT2D eigenvalue weighted by atomic mass is 32.1. The van der Waals surface area contributed by atoms with Crippen LogP contribution in [0, 0.1) is 0 Å². The van der Waals surface area contributed by atoms with Crippen LogP contribution in [0.3, 0.4) is 0 Å². The third kappa shape index (κ3) is 6.67. The van der Waals surface area contributed by atoms with E-state index in [4.69, 9.17) is 4.74 Å². The van der Waals surface area contributed by atoms with Gasteiger partial charge in [-0.05, 0) is 24.3 Å². The summed E-state index contributed by atoms with van der Waals surface area (Å²) < 4.78 is 44.9. The maximum absolute atomic E-state index is 12.0. The molecule has 0 unspecified atom stereocenters. The van der Waals surface area contributed by atoms with E-state index in [-0.39, 0.29) is 24.7 Å². The van der Waals surface area contributed by atoms with Crippen molar-refractivity contribution in [3.05, 3.63) is 40.8 Å². The Morgan fingerprint density at radius 3 is 2.40 bits per heavy atom. The van der Waals surface area contributed by atoms with Gasteiger partial charge in [0.05, 0.1) is 12.2 Å². The molecule has 11 heteroatoms. The molecule has 0 atom stereocenters. The summed E-state index contributed by atoms with van der Waals surface area (Å²) in [4.78, 5) is 26.9. The smallest absolute Gasteiger partial charge is 0.484 e. The first-order valence-corrected chi connectivity index (χ1v) is 7.69. The number of nitrogens with one attached hydrogen (secondary N) is 2. The van der Waals surface area contributed by atoms with Gasteiger partial charge in [-0.2, -0.15) is 0 Å². The first-order valence-electron chi connectivity index (χ1n) is 6.75. The highest BCUT2D eigenvalue weighted by molar-refractivity contribution is 7.07. The molecule has 0 saturated carbocycles. The van der Waals surface area contributed by atoms with Gasteiger partial charge in [-0.15, -0.1) is 24.5 Å². The fourth-order valence-electron chi connectivity index (χ4n) is 1.58. The number of alkyl halides is 3. The second-order valence-corrected chi connectivity index (χ2v) is 5.18. The summed E-state index contributed by atoms with van der Waals surface area (Å²) in [5.41, 5.74) is 1.75. The molecule has 0 aliphatic carbocycles. The zero-order valence-electron chi connectivity index (χ0n) is 12.5. The van der Waals surface area contributed by atoms with Crippen LogP contribution in [0.25, 0.3) is 0 Å². The van der Waals surface area contributed by atoms with Crippen LogP contribution in [0.4, 0.5) is 13.2 Å². The average molecular weight is 375 g/mol. The fraction of sp³-hybridized carbons (Fsp3) is 0.214. The number of carbonyl (C=O) groups excluding carboxylic acids is 2. The maximum atomic E-state index is 12.0. The minimum atomic E-state index is -4.77. The van der Waals surface area contributed by atoms with Crippen molar-refractivity contribution in [2.45, 2.75) is 6.36 Å². The summed E-state index contributed by atoms with van der Waals surface area (Å²) in [5, 5.41) is 6.39. The van der Waals surface area contributed by atoms with Crippen LogP contribution in [0.2, 0.25) is 0 Å². The highest BCUT2D eigenvalue weighted by Gasteiger charge is 2.30. The van der Waals surface area contributed by atoms with Crippen LogP contribution >= 0.6 is 11.3 Å². The molecule has 2 amide bonds. The molecule has 25 heavy (non-hydrogen) atoms. The molecule has 2 N–H and O–H groups in total. The van der Waals surface area contributed by atoms with Gasteiger partial charge in [0.2, 0.25) is 0 Å². The van der Waals surface area contributed by atoms with E-state index in [2.05, 4.69) is 20.4 Å². The molecule has 2 rings (SSSR count). The Bertz CT molecular complexity index is 705. The zero-order chi connectivity index (χ0) is 18.3. The number of amides is 2. The predicted octanol–water partition coefficient (Wildman–Crippen LogP) is 1.92. The summed E-state index contributed by atoms with van der Waals surface area (Å²) >= 11 is 1.27. The second kappa shape index (κ2) is 8.33. The van der Waals surface area contributed by atoms with Gasteiger partial charge in [0.15, 0.2) is 6.61 Å². The van der Waals surface area contributed by atoms with Crippen LogP contribution in [0.15, 0.2) is 35.2 Å². The van der Waals surface area contributed by atoms with E-state index in [9.17, 15) is 22.8 Å². The topological polar surface area (TPSA) is 89.5 Å². The molecule has 0 spiro atoms. The van der Waals surface area contributed by atoms with Crippen molar-refractivity contribution >= 4 is 23.2 Å². The zero-order valence-corrected chi connectivity index (χ0v) is 13.3. The van der Waals surface area contributed by atoms with Crippen LogP contribution in [0.5, 0.6) is 11.5 Å². The largest absolute Gasteiger partial charge is 0.573 e. The minimum Gasteiger partial charge on any atom is -0.484 e. The van der Waals surface area contributed by atoms with E-state index >= 15 is 0 Å². The first kappa shape index (κ1) is 18.5. The number of thiazole rings is 1. The van der Waals surface area contributed by atoms with Crippen LogP contribution in [-0.2, 0) is 4.79 Å². The molecule has 7 nitrogen and oxygen atoms in total. The van der Waals surface area contributed by atoms with Gasteiger partial charge in [0.25, 0.3) is 11.8 Å². The lowest BCUT2D eigenvalue weighted by molar-refractivity contribution is -0.274. The third-order valence-electron chi connectivity index (χ3n) is 2.63. The molecule has 1 heterocycles. The van der Waals surface area contributed by atoms with Crippen molar-refractivity contribution < 1.29 is 32.2 Å². The molecule has 0 aliphatic heterocycles. The van der Waals surface area contributed by atoms with E-state index in [0.717, 1.165) is 12.1 Å². The van der Waals surface area contributed by atoms with Gasteiger partial charge in [0, 0.05) is 5.38 Å². The Labute approximate surface area is 143 Å². The summed E-state index contributed by atoms with van der Waals surface area (Å²) in [7, 11) is 0. The van der Waals surface area contributed by atoms with E-state index in [0.29, 0.717) is 0 Å². The number of halogens is 3. The number of ether oxygens (including phenoxy) is 2. The van der Waals surface area contributed by atoms with Gasteiger partial charge < -0.3 is 20.1 Å². The normalized spacial score (nSPS) is 10.8. The number of aromatic nitrogens is 1. The van der Waals surface area contributed by atoms with Crippen molar-refractivity contribution in [2.75, 3.05) is 13.3 Å². The third-order valence-corrected chi connectivity index (χ3v) is 3.21. The monoisotopic (exact) mass is 375 g/mol. The van der Waals surface area contributed by atoms with Crippen molar-refractivity contribution in [1.29, 1.82) is 0 Å². The summed E-state index contributed by atoms with van der Waals surface area (Å²) in [6.45, 7) is -0.483. The molecule has 0 aliphatic rings. The van der Waals surface area contributed by atoms with Gasteiger partial charge in [-0.3, -0.25) is 9.59 Å². The van der Waals surface area contributed by atoms with Gasteiger partial charge in [-0.1, -0.05) is 0 Å². The lowest BCUT2D eigenvalue weighted by atomic mass is 10.3. The van der Waals surface area contributed by atoms with Gasteiger partial charge >= 0.3 is 6.36 Å². The highest BCUT2D eigenvalue weighted by Crippen LogP contribution is 2.24. The molecule has 0 fully saturated rings. The molecule has 2 aromatic rings. The first-order chi connectivity index (χ1) is 11.8. The van der Waals surface area contributed by atoms with Crippen molar-refractivity contribution in [2.24, 2.45) is 0 Å². The Morgan fingerprint density at radius 1 is 1.12 bits per heavy atom. The Balaban J connectivity index is 1.68. The SMILES string of the molecule is O=C(COc1ccc(OC(F)(F)F)cc1)NCNC(=O)c1cscn1. The molecular formula is C14H12F3N3O4S. The standard InChI is InChI=1S/C14H12F3N3O4S/c15-14(16,17)24-10-3-1-9(2-4-10)23-5-12(21)18-7-19-13(22)11-6-25-8-20-11/h1-4,6,8H,5,7H2,(H,18,21)(H,19,22). The molecule has 134 valence electrons. The van der Waals surface area contributed by atoms with Crippen LogP contribution in [-0.4, -0.2) is 36.4 Å². The summed E-state index contributed by atoms with van der Waals surface area (Å²) in [5.74, 6) is -1.15. The average Bonchev–Trinajstić information content (AvgIpc) is 3.07. The number of hydrogen-bond acceptors (Lipinski definition) is 6. The predicted molar refractivity (Wildman–Crippen MR) is 81.2 cm³/mol. The van der Waals surface area contributed by atoms with E-state index < -0.39 is 23.9 Å². The molecular weight excluding hydrogens is 363 g/mol. The summed E-state index contributed by atoms with van der Waals surface area (Å²) in [6, 6.07) is 4.60. The summed E-state index contributed by atoms with van der Waals surface area (Å²) in [6.07, 6.45) is -4.77. The maximum Gasteiger partial charge on any atom is 0.573 e. The Kier molecular flexibility index (Phi) is 6.17. The number of benzene rings is 1. The van der Waals surface area contributed by atoms with E-state index in [1.165, 1.54) is 29.0 Å². The van der Waals surface area contributed by atoms with Gasteiger partial charge in [-0.25, -0.2) is 4.98 Å². The van der Waals surface area contributed by atoms with E-state index in [1.54, 1.807) is 5.38 Å². The lowest BCUT2D eigenvalue weighted by Crippen LogP contribution is -2.39. The molecule has 1 aromatic carbocycles. The Hall–Kier alpha value is -2.82. The lowest BCUT2D eigenvalue weighted by Gasteiger charge is -2.10. The quantitative estimate of drug-likeness (QED) is 0.722. The number of carbonyl (C=O) groups is 2. The van der Waals surface area contributed by atoms with Crippen molar-refractivity contribution in [3.63, 3.8) is 0 Å². The molecule has 1 aromatic heterocycles. The number of hydrogen-bond donors (Lipinski definition) is 2. The van der Waals surface area contributed by atoms with Crippen LogP contribution in [0.1, 0.15) is 10.5 Å². The molecule has 0 saturated heterocycles. The van der Waals surface area contributed by atoms with Gasteiger partial charge in [0.1, 0.15) is 17.2 Å². The fourth-order valence-corrected chi connectivity index (χ4v) is 2.11. The molecule has 0 radical (unpaired) electrons. The second-order valence-electron chi connectivity index (χ2n) is 4.46. The van der Waals surface area contributed by atoms with Crippen LogP contribution < -0.4 is 20.1 Å². The van der Waals surface area contributed by atoms with Crippen molar-refractivity contribution in [1.82, 2.24) is 15.6 Å². The van der Waals surface area contributed by atoms with Crippen molar-refractivity contribution in [3.8, 4) is 11.5 Å².